The number of carbonyl (C=O) groups excluding carboxylic acids is 1. The molecular formula is C15H17N3O. The summed E-state index contributed by atoms with van der Waals surface area (Å²) in [7, 11) is 0. The highest BCUT2D eigenvalue weighted by atomic mass is 16.1. The number of nitrogens with one attached hydrogen (secondary N) is 1. The zero-order valence-corrected chi connectivity index (χ0v) is 11.1. The highest BCUT2D eigenvalue weighted by molar-refractivity contribution is 5.97. The minimum Gasteiger partial charge on any atom is -0.398 e. The molecule has 1 atom stereocenters. The van der Waals surface area contributed by atoms with Crippen LogP contribution in [0.5, 0.6) is 0 Å². The van der Waals surface area contributed by atoms with Gasteiger partial charge in [-0.3, -0.25) is 9.78 Å². The average molecular weight is 255 g/mol. The Labute approximate surface area is 112 Å². The Balaban J connectivity index is 2.16. The summed E-state index contributed by atoms with van der Waals surface area (Å²) in [5.74, 6) is -0.124. The molecule has 1 heterocycles. The summed E-state index contributed by atoms with van der Waals surface area (Å²) in [5, 5.41) is 2.95. The van der Waals surface area contributed by atoms with Crippen molar-refractivity contribution < 1.29 is 4.79 Å². The lowest BCUT2D eigenvalue weighted by atomic mass is 10.1. The molecule has 1 unspecified atom stereocenters. The van der Waals surface area contributed by atoms with Crippen LogP contribution in [0.4, 0.5) is 5.69 Å². The molecule has 0 saturated heterocycles. The van der Waals surface area contributed by atoms with Crippen molar-refractivity contribution >= 4 is 11.6 Å². The number of nitrogen functional groups attached to an aromatic ring is 1. The van der Waals surface area contributed by atoms with Gasteiger partial charge in [0, 0.05) is 23.6 Å². The minimum absolute atomic E-state index is 0.0953. The summed E-state index contributed by atoms with van der Waals surface area (Å²) in [6.45, 7) is 3.77. The number of nitrogens with zero attached hydrogens (tertiary/aromatic N) is 1. The number of pyridine rings is 1. The Morgan fingerprint density at radius 2 is 2.11 bits per heavy atom. The molecule has 0 bridgehead atoms. The first-order valence-electron chi connectivity index (χ1n) is 6.15. The van der Waals surface area contributed by atoms with Gasteiger partial charge < -0.3 is 11.1 Å². The smallest absolute Gasteiger partial charge is 0.252 e. The summed E-state index contributed by atoms with van der Waals surface area (Å²) in [6.07, 6.45) is 3.46. The van der Waals surface area contributed by atoms with Crippen molar-refractivity contribution in [1.29, 1.82) is 0 Å². The van der Waals surface area contributed by atoms with Crippen molar-refractivity contribution in [3.63, 3.8) is 0 Å². The van der Waals surface area contributed by atoms with Gasteiger partial charge in [-0.25, -0.2) is 0 Å². The molecule has 3 N–H and O–H groups in total. The highest BCUT2D eigenvalue weighted by Crippen LogP contribution is 2.17. The number of nitrogens with two attached hydrogens (primary N) is 1. The normalized spacial score (nSPS) is 11.9. The Hall–Kier alpha value is -2.36. The molecule has 0 aliphatic rings. The third kappa shape index (κ3) is 2.91. The number of carbonyl (C=O) groups is 1. The maximum absolute atomic E-state index is 12.2. The maximum atomic E-state index is 12.2. The summed E-state index contributed by atoms with van der Waals surface area (Å²) >= 11 is 0. The number of benzene rings is 1. The predicted octanol–water partition coefficient (Wildman–Crippen LogP) is 2.46. The van der Waals surface area contributed by atoms with Crippen LogP contribution in [0.25, 0.3) is 0 Å². The van der Waals surface area contributed by atoms with Gasteiger partial charge in [-0.05, 0) is 43.2 Å². The monoisotopic (exact) mass is 255 g/mol. The van der Waals surface area contributed by atoms with Crippen LogP contribution < -0.4 is 11.1 Å². The first kappa shape index (κ1) is 13.1. The highest BCUT2D eigenvalue weighted by Gasteiger charge is 2.14. The van der Waals surface area contributed by atoms with Crippen molar-refractivity contribution in [1.82, 2.24) is 10.3 Å². The van der Waals surface area contributed by atoms with E-state index in [2.05, 4.69) is 10.3 Å². The molecule has 0 aliphatic carbocycles. The van der Waals surface area contributed by atoms with Crippen molar-refractivity contribution in [2.24, 2.45) is 0 Å². The molecule has 0 radical (unpaired) electrons. The van der Waals surface area contributed by atoms with E-state index in [0.29, 0.717) is 11.3 Å². The van der Waals surface area contributed by atoms with Gasteiger partial charge in [0.25, 0.3) is 5.91 Å². The van der Waals surface area contributed by atoms with Crippen LogP contribution in [0.1, 0.15) is 34.5 Å². The molecule has 98 valence electrons. The Bertz CT molecular complexity index is 581. The molecule has 0 fully saturated rings. The minimum atomic E-state index is -0.124. The van der Waals surface area contributed by atoms with E-state index in [-0.39, 0.29) is 11.9 Å². The molecule has 1 aromatic heterocycles. The largest absolute Gasteiger partial charge is 0.398 e. The van der Waals surface area contributed by atoms with Crippen LogP contribution in [-0.2, 0) is 0 Å². The van der Waals surface area contributed by atoms with E-state index in [0.717, 1.165) is 11.1 Å². The number of hydrogen-bond acceptors (Lipinski definition) is 3. The number of rotatable bonds is 3. The van der Waals surface area contributed by atoms with Gasteiger partial charge in [0.2, 0.25) is 0 Å². The molecule has 2 aromatic rings. The first-order chi connectivity index (χ1) is 9.09. The average Bonchev–Trinajstić information content (AvgIpc) is 2.42. The van der Waals surface area contributed by atoms with Crippen molar-refractivity contribution in [2.75, 3.05) is 5.73 Å². The molecule has 4 nitrogen and oxygen atoms in total. The molecule has 0 spiro atoms. The first-order valence-corrected chi connectivity index (χ1v) is 6.15. The van der Waals surface area contributed by atoms with Gasteiger partial charge in [-0.1, -0.05) is 12.1 Å². The predicted molar refractivity (Wildman–Crippen MR) is 75.7 cm³/mol. The lowest BCUT2D eigenvalue weighted by Gasteiger charge is -2.15. The van der Waals surface area contributed by atoms with E-state index in [1.165, 1.54) is 0 Å². The molecule has 19 heavy (non-hydrogen) atoms. The topological polar surface area (TPSA) is 68.0 Å². The summed E-state index contributed by atoms with van der Waals surface area (Å²) < 4.78 is 0. The number of anilines is 1. The number of aromatic nitrogens is 1. The van der Waals surface area contributed by atoms with Gasteiger partial charge in [0.1, 0.15) is 0 Å². The van der Waals surface area contributed by atoms with Gasteiger partial charge in [-0.15, -0.1) is 0 Å². The summed E-state index contributed by atoms with van der Waals surface area (Å²) in [6, 6.07) is 9.04. The van der Waals surface area contributed by atoms with Crippen molar-refractivity contribution in [3.8, 4) is 0 Å². The van der Waals surface area contributed by atoms with Gasteiger partial charge in [0.15, 0.2) is 0 Å². The third-order valence-corrected chi connectivity index (χ3v) is 3.15. The second kappa shape index (κ2) is 5.52. The fourth-order valence-corrected chi connectivity index (χ4v) is 1.89. The molecule has 2 rings (SSSR count). The van der Waals surface area contributed by atoms with Gasteiger partial charge in [0.05, 0.1) is 6.04 Å². The molecular weight excluding hydrogens is 238 g/mol. The Kier molecular flexibility index (Phi) is 3.80. The fourth-order valence-electron chi connectivity index (χ4n) is 1.89. The second-order valence-electron chi connectivity index (χ2n) is 4.50. The lowest BCUT2D eigenvalue weighted by Crippen LogP contribution is -2.27. The molecule has 0 saturated carbocycles. The number of hydrogen-bond donors (Lipinski definition) is 2. The maximum Gasteiger partial charge on any atom is 0.252 e. The fraction of sp³-hybridized carbons (Fsp3) is 0.200. The van der Waals surface area contributed by atoms with E-state index >= 15 is 0 Å². The summed E-state index contributed by atoms with van der Waals surface area (Å²) in [5.41, 5.74) is 8.82. The van der Waals surface area contributed by atoms with Crippen LogP contribution in [-0.4, -0.2) is 10.9 Å². The molecule has 1 amide bonds. The van der Waals surface area contributed by atoms with Crippen LogP contribution in [0.3, 0.4) is 0 Å². The number of amides is 1. The quantitative estimate of drug-likeness (QED) is 0.828. The van der Waals surface area contributed by atoms with E-state index in [4.69, 9.17) is 5.73 Å². The van der Waals surface area contributed by atoms with E-state index in [1.807, 2.05) is 26.0 Å². The SMILES string of the molecule is Cc1c(N)cccc1C(=O)NC(C)c1cccnc1. The van der Waals surface area contributed by atoms with E-state index < -0.39 is 0 Å². The third-order valence-electron chi connectivity index (χ3n) is 3.15. The van der Waals surface area contributed by atoms with Crippen LogP contribution in [0.2, 0.25) is 0 Å². The zero-order chi connectivity index (χ0) is 13.8. The molecule has 0 aliphatic heterocycles. The van der Waals surface area contributed by atoms with Crippen molar-refractivity contribution in [3.05, 3.63) is 59.4 Å². The zero-order valence-electron chi connectivity index (χ0n) is 11.1. The van der Waals surface area contributed by atoms with Crippen molar-refractivity contribution in [2.45, 2.75) is 19.9 Å². The molecule has 1 aromatic carbocycles. The van der Waals surface area contributed by atoms with Crippen LogP contribution in [0, 0.1) is 6.92 Å². The second-order valence-corrected chi connectivity index (χ2v) is 4.50. The van der Waals surface area contributed by atoms with Crippen LogP contribution in [0.15, 0.2) is 42.7 Å². The standard InChI is InChI=1S/C15H17N3O/c1-10-13(6-3-7-14(10)16)15(19)18-11(2)12-5-4-8-17-9-12/h3-9,11H,16H2,1-2H3,(H,18,19). The Morgan fingerprint density at radius 1 is 1.32 bits per heavy atom. The lowest BCUT2D eigenvalue weighted by molar-refractivity contribution is 0.0939. The molecule has 4 heteroatoms. The van der Waals surface area contributed by atoms with E-state index in [1.54, 1.807) is 30.6 Å². The van der Waals surface area contributed by atoms with Gasteiger partial charge in [-0.2, -0.15) is 0 Å². The van der Waals surface area contributed by atoms with Gasteiger partial charge >= 0.3 is 0 Å². The summed E-state index contributed by atoms with van der Waals surface area (Å²) in [4.78, 5) is 16.3. The van der Waals surface area contributed by atoms with E-state index in [9.17, 15) is 4.79 Å². The Morgan fingerprint density at radius 3 is 2.79 bits per heavy atom. The van der Waals surface area contributed by atoms with Crippen LogP contribution >= 0.6 is 0 Å².